The Balaban J connectivity index is 1.57. The van der Waals surface area contributed by atoms with Crippen molar-refractivity contribution in [3.8, 4) is 0 Å². The lowest BCUT2D eigenvalue weighted by atomic mass is 10.0. The first kappa shape index (κ1) is 21.5. The third kappa shape index (κ3) is 5.31. The zero-order valence-corrected chi connectivity index (χ0v) is 18.3. The number of anilines is 1. The Morgan fingerprint density at radius 3 is 2.77 bits per heavy atom. The van der Waals surface area contributed by atoms with Crippen LogP contribution in [0.4, 0.5) is 10.1 Å². The molecular formula is C21H31FN4O3S. The van der Waals surface area contributed by atoms with Gasteiger partial charge in [0.15, 0.2) is 0 Å². The molecule has 9 heteroatoms. The molecule has 30 heavy (non-hydrogen) atoms. The van der Waals surface area contributed by atoms with Gasteiger partial charge in [-0.25, -0.2) is 4.39 Å². The third-order valence-electron chi connectivity index (χ3n) is 6.42. The summed E-state index contributed by atoms with van der Waals surface area (Å²) in [6.07, 6.45) is 5.34. The van der Waals surface area contributed by atoms with Crippen LogP contribution in [0, 0.1) is 18.7 Å². The van der Waals surface area contributed by atoms with Gasteiger partial charge in [0.1, 0.15) is 5.82 Å². The van der Waals surface area contributed by atoms with E-state index in [0.717, 1.165) is 49.9 Å². The van der Waals surface area contributed by atoms with E-state index in [1.165, 1.54) is 12.1 Å². The van der Waals surface area contributed by atoms with Gasteiger partial charge in [0, 0.05) is 45.2 Å². The van der Waals surface area contributed by atoms with Crippen molar-refractivity contribution in [3.05, 3.63) is 29.1 Å². The maximum Gasteiger partial charge on any atom is 0.299 e. The Morgan fingerprint density at radius 1 is 1.20 bits per heavy atom. The minimum Gasteiger partial charge on any atom is -0.337 e. The number of hydrogen-bond acceptors (Lipinski definition) is 4. The van der Waals surface area contributed by atoms with E-state index in [-0.39, 0.29) is 17.6 Å². The van der Waals surface area contributed by atoms with Gasteiger partial charge in [0.2, 0.25) is 5.91 Å². The molecule has 2 atom stereocenters. The fourth-order valence-electron chi connectivity index (χ4n) is 4.46. The smallest absolute Gasteiger partial charge is 0.299 e. The Labute approximate surface area is 178 Å². The molecule has 7 nitrogen and oxygen atoms in total. The third-order valence-corrected chi connectivity index (χ3v) is 7.49. The Kier molecular flexibility index (Phi) is 6.31. The van der Waals surface area contributed by atoms with Crippen LogP contribution < -0.4 is 9.44 Å². The van der Waals surface area contributed by atoms with Crippen LogP contribution in [0.25, 0.3) is 0 Å². The van der Waals surface area contributed by atoms with Crippen LogP contribution in [0.5, 0.6) is 0 Å². The van der Waals surface area contributed by atoms with Crippen LogP contribution in [0.15, 0.2) is 12.1 Å². The molecule has 4 bridgehead atoms. The van der Waals surface area contributed by atoms with Crippen molar-refractivity contribution in [2.24, 2.45) is 5.92 Å². The lowest BCUT2D eigenvalue weighted by Crippen LogP contribution is -2.55. The number of nitrogens with one attached hydrogen (secondary N) is 2. The van der Waals surface area contributed by atoms with Crippen molar-refractivity contribution in [1.82, 2.24) is 14.5 Å². The average Bonchev–Trinajstić information content (AvgIpc) is 3.48. The van der Waals surface area contributed by atoms with Crippen molar-refractivity contribution in [1.29, 1.82) is 0 Å². The Morgan fingerprint density at radius 2 is 2.00 bits per heavy atom. The monoisotopic (exact) mass is 438 g/mol. The molecule has 0 aromatic heterocycles. The Hall–Kier alpha value is -1.71. The van der Waals surface area contributed by atoms with E-state index in [2.05, 4.69) is 14.3 Å². The summed E-state index contributed by atoms with van der Waals surface area (Å²) < 4.78 is 44.0. The molecule has 1 aliphatic carbocycles. The van der Waals surface area contributed by atoms with Crippen molar-refractivity contribution >= 4 is 21.8 Å². The first-order valence-corrected chi connectivity index (χ1v) is 12.4. The van der Waals surface area contributed by atoms with E-state index in [0.29, 0.717) is 38.4 Å². The van der Waals surface area contributed by atoms with Gasteiger partial charge in [-0.2, -0.15) is 13.1 Å². The molecule has 0 radical (unpaired) electrons. The number of piperazine rings is 1. The van der Waals surface area contributed by atoms with Crippen LogP contribution in [-0.4, -0.2) is 56.3 Å². The SMILES string of the molecule is Cc1c2cc(F)cc1NS(=O)(=O)NCCCCC1CN(CCN1C(=O)CC1CC1)C2. The van der Waals surface area contributed by atoms with E-state index in [9.17, 15) is 17.6 Å². The predicted octanol–water partition coefficient (Wildman–Crippen LogP) is 2.38. The van der Waals surface area contributed by atoms with Crippen LogP contribution in [0.1, 0.15) is 49.7 Å². The molecule has 3 aliphatic rings. The van der Waals surface area contributed by atoms with Gasteiger partial charge in [-0.1, -0.05) is 6.42 Å². The number of rotatable bonds is 2. The summed E-state index contributed by atoms with van der Waals surface area (Å²) in [5.74, 6) is 0.344. The largest absolute Gasteiger partial charge is 0.337 e. The molecular weight excluding hydrogens is 407 g/mol. The highest BCUT2D eigenvalue weighted by Gasteiger charge is 2.33. The molecule has 1 saturated carbocycles. The molecule has 2 heterocycles. The molecule has 2 N–H and O–H groups in total. The fourth-order valence-corrected chi connectivity index (χ4v) is 5.45. The highest BCUT2D eigenvalue weighted by molar-refractivity contribution is 7.90. The lowest BCUT2D eigenvalue weighted by Gasteiger charge is -2.42. The Bertz CT molecular complexity index is 904. The van der Waals surface area contributed by atoms with Gasteiger partial charge in [0.25, 0.3) is 10.2 Å². The molecule has 0 spiro atoms. The summed E-state index contributed by atoms with van der Waals surface area (Å²) in [7, 11) is -3.76. The van der Waals surface area contributed by atoms with E-state index < -0.39 is 16.0 Å². The van der Waals surface area contributed by atoms with E-state index in [4.69, 9.17) is 0 Å². The lowest BCUT2D eigenvalue weighted by molar-refractivity contribution is -0.136. The quantitative estimate of drug-likeness (QED) is 0.743. The molecule has 1 aromatic carbocycles. The number of benzene rings is 1. The maximum atomic E-state index is 14.2. The van der Waals surface area contributed by atoms with Crippen LogP contribution in [-0.2, 0) is 21.5 Å². The van der Waals surface area contributed by atoms with E-state index in [1.54, 1.807) is 0 Å². The fraction of sp³-hybridized carbons (Fsp3) is 0.667. The van der Waals surface area contributed by atoms with Gasteiger partial charge in [-0.05, 0) is 61.8 Å². The summed E-state index contributed by atoms with van der Waals surface area (Å²) >= 11 is 0. The molecule has 4 rings (SSSR count). The number of carbonyl (C=O) groups excluding carboxylic acids is 1. The molecule has 1 aromatic rings. The van der Waals surface area contributed by atoms with Gasteiger partial charge < -0.3 is 4.90 Å². The number of nitrogens with zero attached hydrogens (tertiary/aromatic N) is 2. The van der Waals surface area contributed by atoms with Crippen molar-refractivity contribution in [2.45, 2.75) is 58.0 Å². The summed E-state index contributed by atoms with van der Waals surface area (Å²) in [5, 5.41) is 0. The topological polar surface area (TPSA) is 81.8 Å². The number of fused-ring (bicyclic) bond motifs is 4. The number of hydrogen-bond donors (Lipinski definition) is 2. The van der Waals surface area contributed by atoms with Gasteiger partial charge >= 0.3 is 0 Å². The zero-order valence-electron chi connectivity index (χ0n) is 17.5. The summed E-state index contributed by atoms with van der Waals surface area (Å²) in [6, 6.07) is 2.82. The minimum atomic E-state index is -3.76. The van der Waals surface area contributed by atoms with Gasteiger partial charge in [0.05, 0.1) is 5.69 Å². The molecule has 2 unspecified atom stereocenters. The summed E-state index contributed by atoms with van der Waals surface area (Å²) in [6.45, 7) is 4.86. The predicted molar refractivity (Wildman–Crippen MR) is 114 cm³/mol. The zero-order chi connectivity index (χ0) is 21.3. The van der Waals surface area contributed by atoms with Crippen LogP contribution >= 0.6 is 0 Å². The average molecular weight is 439 g/mol. The highest BCUT2D eigenvalue weighted by atomic mass is 32.2. The van der Waals surface area contributed by atoms with E-state index in [1.807, 2.05) is 11.8 Å². The van der Waals surface area contributed by atoms with Crippen LogP contribution in [0.3, 0.4) is 0 Å². The van der Waals surface area contributed by atoms with Crippen molar-refractivity contribution < 1.29 is 17.6 Å². The van der Waals surface area contributed by atoms with Crippen molar-refractivity contribution in [3.63, 3.8) is 0 Å². The standard InChI is InChI=1S/C21H31FN4O3S/c1-15-17-11-18(22)12-20(15)24-30(28,29)23-7-3-2-4-19-14-25(13-17)8-9-26(19)21(27)10-16-5-6-16/h11-12,16,19,23-24H,2-10,13-14H2,1H3. The second-order valence-electron chi connectivity index (χ2n) is 8.86. The molecule has 1 saturated heterocycles. The van der Waals surface area contributed by atoms with Gasteiger partial charge in [-0.3, -0.25) is 14.4 Å². The van der Waals surface area contributed by atoms with E-state index >= 15 is 0 Å². The molecule has 1 amide bonds. The minimum absolute atomic E-state index is 0.121. The van der Waals surface area contributed by atoms with Crippen LogP contribution in [0.2, 0.25) is 0 Å². The van der Waals surface area contributed by atoms with Crippen molar-refractivity contribution in [2.75, 3.05) is 30.9 Å². The first-order chi connectivity index (χ1) is 14.3. The molecule has 2 aliphatic heterocycles. The second kappa shape index (κ2) is 8.80. The highest BCUT2D eigenvalue weighted by Crippen LogP contribution is 2.34. The van der Waals surface area contributed by atoms with Gasteiger partial charge in [-0.15, -0.1) is 0 Å². The first-order valence-electron chi connectivity index (χ1n) is 10.9. The molecule has 166 valence electrons. The normalized spacial score (nSPS) is 27.1. The number of halogens is 1. The summed E-state index contributed by atoms with van der Waals surface area (Å²) in [5.41, 5.74) is 1.76. The number of amides is 1. The molecule has 2 fully saturated rings. The second-order valence-corrected chi connectivity index (χ2v) is 10.4. The summed E-state index contributed by atoms with van der Waals surface area (Å²) in [4.78, 5) is 17.1. The maximum absolute atomic E-state index is 14.2. The number of carbonyl (C=O) groups is 1.